The number of ether oxygens (including phenoxy) is 1. The number of thioether (sulfide) groups is 1. The molecule has 2 aliphatic rings. The van der Waals surface area contributed by atoms with Crippen molar-refractivity contribution in [2.24, 2.45) is 12.0 Å². The second-order valence-electron chi connectivity index (χ2n) is 6.72. The fraction of sp³-hybridized carbons (Fsp3) is 0.706. The average molecular weight is 492 g/mol. The molecule has 0 amide bonds. The first-order chi connectivity index (χ1) is 12.1. The molecule has 0 saturated carbocycles. The Kier molecular flexibility index (Phi) is 8.21. The zero-order chi connectivity index (χ0) is 17.7. The van der Waals surface area contributed by atoms with Gasteiger partial charge in [0, 0.05) is 32.0 Å². The molecule has 0 aromatic carbocycles. The minimum absolute atomic E-state index is 0. The Labute approximate surface area is 176 Å². The van der Waals surface area contributed by atoms with Gasteiger partial charge in [-0.1, -0.05) is 6.08 Å². The molecule has 7 nitrogen and oxygen atoms in total. The zero-order valence-electron chi connectivity index (χ0n) is 15.5. The molecule has 1 aromatic rings. The van der Waals surface area contributed by atoms with Crippen molar-refractivity contribution in [3.8, 4) is 0 Å². The van der Waals surface area contributed by atoms with Gasteiger partial charge in [0.25, 0.3) is 0 Å². The lowest BCUT2D eigenvalue weighted by Gasteiger charge is -2.38. The molecule has 2 N–H and O–H groups in total. The highest BCUT2D eigenvalue weighted by molar-refractivity contribution is 14.0. The van der Waals surface area contributed by atoms with Crippen molar-refractivity contribution in [2.75, 3.05) is 24.7 Å². The van der Waals surface area contributed by atoms with Gasteiger partial charge in [0.05, 0.1) is 5.60 Å². The summed E-state index contributed by atoms with van der Waals surface area (Å²) in [6.45, 7) is 7.70. The Morgan fingerprint density at radius 3 is 3.04 bits per heavy atom. The van der Waals surface area contributed by atoms with E-state index in [9.17, 15) is 0 Å². The lowest BCUT2D eigenvalue weighted by molar-refractivity contribution is -0.0679. The lowest BCUT2D eigenvalue weighted by Crippen LogP contribution is -2.51. The largest absolute Gasteiger partial charge is 0.374 e. The summed E-state index contributed by atoms with van der Waals surface area (Å²) in [7, 11) is 1.96. The SMILES string of the molecule is C=CCNC(=NCc1nnc(C)n1C)NC1CCOC2(CCSC2)C1.I. The number of nitrogens with one attached hydrogen (secondary N) is 2. The maximum absolute atomic E-state index is 6.11. The van der Waals surface area contributed by atoms with Crippen molar-refractivity contribution in [2.45, 2.75) is 44.4 Å². The smallest absolute Gasteiger partial charge is 0.192 e. The second kappa shape index (κ2) is 9.93. The predicted octanol–water partition coefficient (Wildman–Crippen LogP) is 2.02. The highest BCUT2D eigenvalue weighted by Gasteiger charge is 2.40. The summed E-state index contributed by atoms with van der Waals surface area (Å²) in [5.74, 6) is 4.86. The molecule has 0 radical (unpaired) electrons. The number of aliphatic imine (C=N–C) groups is 1. The molecule has 3 heterocycles. The van der Waals surface area contributed by atoms with Crippen LogP contribution in [-0.2, 0) is 18.3 Å². The normalized spacial score (nSPS) is 25.8. The van der Waals surface area contributed by atoms with E-state index in [1.807, 2.05) is 36.4 Å². The number of nitrogens with zero attached hydrogens (tertiary/aromatic N) is 4. The molecule has 1 aromatic heterocycles. The third kappa shape index (κ3) is 5.35. The van der Waals surface area contributed by atoms with Gasteiger partial charge in [-0.3, -0.25) is 0 Å². The molecule has 146 valence electrons. The van der Waals surface area contributed by atoms with Gasteiger partial charge in [0.15, 0.2) is 11.8 Å². The van der Waals surface area contributed by atoms with Crippen LogP contribution in [0.1, 0.15) is 30.9 Å². The van der Waals surface area contributed by atoms with Crippen LogP contribution in [-0.4, -0.2) is 57.0 Å². The Morgan fingerprint density at radius 1 is 1.54 bits per heavy atom. The van der Waals surface area contributed by atoms with Gasteiger partial charge in [-0.05, 0) is 31.9 Å². The van der Waals surface area contributed by atoms with Crippen LogP contribution in [0.5, 0.6) is 0 Å². The minimum atomic E-state index is 0. The maximum atomic E-state index is 6.11. The third-order valence-corrected chi connectivity index (χ3v) is 6.10. The molecule has 0 bridgehead atoms. The standard InChI is InChI=1S/C17H28N6OS.HI/c1-4-7-18-16(19-11-15-22-21-13(2)23(15)3)20-14-5-8-24-17(10-14)6-9-25-12-17;/h4,14H,1,5-12H2,2-3H3,(H2,18,19,20);1H. The van der Waals surface area contributed by atoms with Crippen molar-refractivity contribution < 1.29 is 4.74 Å². The van der Waals surface area contributed by atoms with Gasteiger partial charge in [0.2, 0.25) is 0 Å². The molecular weight excluding hydrogens is 463 g/mol. The number of guanidine groups is 1. The quantitative estimate of drug-likeness (QED) is 0.284. The van der Waals surface area contributed by atoms with E-state index in [0.29, 0.717) is 19.1 Å². The van der Waals surface area contributed by atoms with E-state index in [-0.39, 0.29) is 29.6 Å². The van der Waals surface area contributed by atoms with Crippen LogP contribution in [0, 0.1) is 6.92 Å². The van der Waals surface area contributed by atoms with Crippen molar-refractivity contribution in [1.29, 1.82) is 0 Å². The first-order valence-corrected chi connectivity index (χ1v) is 10.00. The summed E-state index contributed by atoms with van der Waals surface area (Å²) in [4.78, 5) is 4.69. The topological polar surface area (TPSA) is 76.4 Å². The van der Waals surface area contributed by atoms with Crippen molar-refractivity contribution in [3.63, 3.8) is 0 Å². The van der Waals surface area contributed by atoms with Gasteiger partial charge in [-0.25, -0.2) is 4.99 Å². The highest BCUT2D eigenvalue weighted by Crippen LogP contribution is 2.38. The Balaban J connectivity index is 0.00000243. The van der Waals surface area contributed by atoms with Crippen LogP contribution < -0.4 is 10.6 Å². The summed E-state index contributed by atoms with van der Waals surface area (Å²) >= 11 is 2.00. The average Bonchev–Trinajstić information content (AvgIpc) is 3.18. The number of aryl methyl sites for hydroxylation is 1. The molecule has 2 atom stereocenters. The van der Waals surface area contributed by atoms with Crippen molar-refractivity contribution in [1.82, 2.24) is 25.4 Å². The van der Waals surface area contributed by atoms with Crippen LogP contribution in [0.25, 0.3) is 0 Å². The van der Waals surface area contributed by atoms with Crippen LogP contribution in [0.4, 0.5) is 0 Å². The van der Waals surface area contributed by atoms with Crippen molar-refractivity contribution >= 4 is 41.7 Å². The van der Waals surface area contributed by atoms with Crippen molar-refractivity contribution in [3.05, 3.63) is 24.3 Å². The van der Waals surface area contributed by atoms with E-state index in [4.69, 9.17) is 9.73 Å². The molecule has 9 heteroatoms. The van der Waals surface area contributed by atoms with E-state index in [1.165, 1.54) is 5.75 Å². The molecule has 2 fully saturated rings. The number of hydrogen-bond acceptors (Lipinski definition) is 5. The summed E-state index contributed by atoms with van der Waals surface area (Å²) in [5.41, 5.74) is 0.0604. The number of rotatable bonds is 5. The van der Waals surface area contributed by atoms with E-state index >= 15 is 0 Å². The summed E-state index contributed by atoms with van der Waals surface area (Å²) < 4.78 is 8.07. The second-order valence-corrected chi connectivity index (χ2v) is 7.83. The van der Waals surface area contributed by atoms with E-state index < -0.39 is 0 Å². The molecule has 3 rings (SSSR count). The predicted molar refractivity (Wildman–Crippen MR) is 117 cm³/mol. The Morgan fingerprint density at radius 2 is 2.38 bits per heavy atom. The molecule has 2 unspecified atom stereocenters. The van der Waals surface area contributed by atoms with Crippen LogP contribution in [0.15, 0.2) is 17.6 Å². The summed E-state index contributed by atoms with van der Waals surface area (Å²) in [6.07, 6.45) is 5.03. The molecule has 2 aliphatic heterocycles. The highest BCUT2D eigenvalue weighted by atomic mass is 127. The number of halogens is 1. The number of aromatic nitrogens is 3. The van der Waals surface area contributed by atoms with Gasteiger partial charge in [-0.2, -0.15) is 11.8 Å². The molecule has 26 heavy (non-hydrogen) atoms. The van der Waals surface area contributed by atoms with Gasteiger partial charge < -0.3 is 19.9 Å². The monoisotopic (exact) mass is 492 g/mol. The summed E-state index contributed by atoms with van der Waals surface area (Å²) in [6, 6.07) is 0.379. The van der Waals surface area contributed by atoms with Gasteiger partial charge >= 0.3 is 0 Å². The third-order valence-electron chi connectivity index (χ3n) is 4.88. The molecule has 0 aliphatic carbocycles. The fourth-order valence-corrected chi connectivity index (χ4v) is 4.65. The number of hydrogen-bond donors (Lipinski definition) is 2. The van der Waals surface area contributed by atoms with Crippen LogP contribution in [0.3, 0.4) is 0 Å². The van der Waals surface area contributed by atoms with E-state index in [1.54, 1.807) is 0 Å². The van der Waals surface area contributed by atoms with E-state index in [0.717, 1.165) is 49.2 Å². The lowest BCUT2D eigenvalue weighted by atomic mass is 9.90. The van der Waals surface area contributed by atoms with Gasteiger partial charge in [0.1, 0.15) is 12.4 Å². The zero-order valence-corrected chi connectivity index (χ0v) is 18.7. The Bertz CT molecular complexity index is 629. The first kappa shape index (κ1) is 21.5. The van der Waals surface area contributed by atoms with E-state index in [2.05, 4.69) is 27.4 Å². The Hall–Kier alpha value is -0.810. The van der Waals surface area contributed by atoms with Crippen LogP contribution in [0.2, 0.25) is 0 Å². The molecule has 2 saturated heterocycles. The fourth-order valence-electron chi connectivity index (χ4n) is 3.27. The molecule has 1 spiro atoms. The minimum Gasteiger partial charge on any atom is -0.374 e. The maximum Gasteiger partial charge on any atom is 0.192 e. The first-order valence-electron chi connectivity index (χ1n) is 8.84. The van der Waals surface area contributed by atoms with Crippen LogP contribution >= 0.6 is 35.7 Å². The molecular formula is C17H29IN6OS. The summed E-state index contributed by atoms with van der Waals surface area (Å²) in [5, 5.41) is 15.2. The van der Waals surface area contributed by atoms with Gasteiger partial charge in [-0.15, -0.1) is 40.8 Å².